The summed E-state index contributed by atoms with van der Waals surface area (Å²) in [7, 11) is 0. The van der Waals surface area contributed by atoms with Crippen LogP contribution in [0.2, 0.25) is 5.02 Å². The lowest BCUT2D eigenvalue weighted by Gasteiger charge is -2.33. The first kappa shape index (κ1) is 16.9. The summed E-state index contributed by atoms with van der Waals surface area (Å²) in [6, 6.07) is 20.2. The fraction of sp³-hybridized carbons (Fsp3) is 0.261. The van der Waals surface area contributed by atoms with Gasteiger partial charge in [-0.25, -0.2) is 0 Å². The van der Waals surface area contributed by atoms with Crippen LogP contribution in [-0.4, -0.2) is 29.9 Å². The van der Waals surface area contributed by atoms with E-state index in [0.29, 0.717) is 13.0 Å². The van der Waals surface area contributed by atoms with Gasteiger partial charge in [-0.05, 0) is 41.0 Å². The van der Waals surface area contributed by atoms with E-state index in [9.17, 15) is 4.79 Å². The number of benzene rings is 3. The monoisotopic (exact) mass is 377 g/mol. The lowest BCUT2D eigenvalue weighted by Crippen LogP contribution is -2.39. The Kier molecular flexibility index (Phi) is 4.24. The number of ketones is 1. The molecule has 1 fully saturated rings. The van der Waals surface area contributed by atoms with E-state index in [1.54, 1.807) is 0 Å². The highest BCUT2D eigenvalue weighted by atomic mass is 35.5. The van der Waals surface area contributed by atoms with Crippen molar-refractivity contribution in [2.45, 2.75) is 25.1 Å². The zero-order valence-corrected chi connectivity index (χ0v) is 15.7. The van der Waals surface area contributed by atoms with Crippen LogP contribution in [0.5, 0.6) is 0 Å². The molecule has 5 rings (SSSR count). The predicted molar refractivity (Wildman–Crippen MR) is 107 cm³/mol. The number of ether oxygens (including phenoxy) is 1. The molecule has 0 amide bonds. The van der Waals surface area contributed by atoms with Crippen molar-refractivity contribution in [1.29, 1.82) is 0 Å². The number of hydrogen-bond acceptors (Lipinski definition) is 3. The second-order valence-corrected chi connectivity index (χ2v) is 7.80. The molecule has 2 atom stereocenters. The molecule has 2 aliphatic rings. The third-order valence-corrected chi connectivity index (χ3v) is 5.96. The van der Waals surface area contributed by atoms with Crippen molar-refractivity contribution >= 4 is 28.2 Å². The van der Waals surface area contributed by atoms with E-state index < -0.39 is 0 Å². The quantitative estimate of drug-likeness (QED) is 0.600. The van der Waals surface area contributed by atoms with Crippen LogP contribution in [0.3, 0.4) is 0 Å². The molecule has 0 bridgehead atoms. The number of halogens is 1. The van der Waals surface area contributed by atoms with Gasteiger partial charge in [0.15, 0.2) is 5.78 Å². The summed E-state index contributed by atoms with van der Waals surface area (Å²) in [6.07, 6.45) is 1.36. The average Bonchev–Trinajstić information content (AvgIpc) is 3.11. The van der Waals surface area contributed by atoms with Crippen molar-refractivity contribution in [2.24, 2.45) is 0 Å². The molecular formula is C23H20ClNO2. The van der Waals surface area contributed by atoms with Crippen molar-refractivity contribution in [3.63, 3.8) is 0 Å². The van der Waals surface area contributed by atoms with E-state index in [4.69, 9.17) is 16.3 Å². The van der Waals surface area contributed by atoms with Crippen LogP contribution in [0.4, 0.5) is 0 Å². The average molecular weight is 378 g/mol. The predicted octanol–water partition coefficient (Wildman–Crippen LogP) is 5.02. The number of hydrogen-bond donors (Lipinski definition) is 0. The molecule has 0 saturated carbocycles. The maximum Gasteiger partial charge on any atom is 0.164 e. The van der Waals surface area contributed by atoms with Gasteiger partial charge in [-0.3, -0.25) is 9.69 Å². The van der Waals surface area contributed by atoms with Crippen molar-refractivity contribution in [2.75, 3.05) is 13.2 Å². The van der Waals surface area contributed by atoms with Crippen molar-refractivity contribution in [1.82, 2.24) is 4.90 Å². The Morgan fingerprint density at radius 3 is 2.81 bits per heavy atom. The second kappa shape index (κ2) is 6.75. The fourth-order valence-electron chi connectivity index (χ4n) is 4.30. The second-order valence-electron chi connectivity index (χ2n) is 7.36. The zero-order valence-electron chi connectivity index (χ0n) is 14.9. The summed E-state index contributed by atoms with van der Waals surface area (Å²) in [6.45, 7) is 1.49. The molecule has 2 aliphatic heterocycles. The van der Waals surface area contributed by atoms with Crippen LogP contribution < -0.4 is 0 Å². The van der Waals surface area contributed by atoms with E-state index in [1.165, 1.54) is 5.56 Å². The van der Waals surface area contributed by atoms with Crippen LogP contribution in [0.1, 0.15) is 34.1 Å². The molecule has 4 heteroatoms. The van der Waals surface area contributed by atoms with Crippen LogP contribution in [-0.2, 0) is 11.2 Å². The smallest absolute Gasteiger partial charge is 0.164 e. The third kappa shape index (κ3) is 3.06. The first-order valence-electron chi connectivity index (χ1n) is 9.37. The lowest BCUT2D eigenvalue weighted by molar-refractivity contribution is 0.0216. The molecule has 2 heterocycles. The molecule has 0 aromatic heterocycles. The number of fused-ring (bicyclic) bond motifs is 4. The Balaban J connectivity index is 1.36. The number of Topliss-reactive ketones (excluding diaryl/α,β-unsaturated/α-hetero) is 1. The highest BCUT2D eigenvalue weighted by Crippen LogP contribution is 2.38. The summed E-state index contributed by atoms with van der Waals surface area (Å²) < 4.78 is 6.07. The number of carbonyl (C=O) groups excluding carboxylic acids is 1. The molecule has 136 valence electrons. The first-order valence-corrected chi connectivity index (χ1v) is 9.74. The lowest BCUT2D eigenvalue weighted by atomic mass is 9.96. The van der Waals surface area contributed by atoms with Gasteiger partial charge in [0, 0.05) is 35.2 Å². The Morgan fingerprint density at radius 1 is 1.07 bits per heavy atom. The minimum absolute atomic E-state index is 0.0816. The molecule has 3 aromatic rings. The number of nitrogens with zero attached hydrogens (tertiary/aromatic N) is 1. The van der Waals surface area contributed by atoms with Gasteiger partial charge in [-0.15, -0.1) is 0 Å². The summed E-state index contributed by atoms with van der Waals surface area (Å²) in [4.78, 5) is 15.2. The Bertz CT molecular complexity index is 1030. The molecule has 1 saturated heterocycles. The van der Waals surface area contributed by atoms with Gasteiger partial charge >= 0.3 is 0 Å². The molecule has 3 aromatic carbocycles. The standard InChI is InChI=1S/C23H20ClNO2/c24-19-8-7-16-9-10-25-20(14-27-23(25)21(16)12-19)13-22(26)18-6-5-15-3-1-2-4-17(15)11-18/h1-8,11-12,20,23H,9-10,13-14H2. The van der Waals surface area contributed by atoms with Gasteiger partial charge in [-0.2, -0.15) is 0 Å². The summed E-state index contributed by atoms with van der Waals surface area (Å²) in [5, 5.41) is 2.99. The molecule has 3 nitrogen and oxygen atoms in total. The summed E-state index contributed by atoms with van der Waals surface area (Å²) >= 11 is 6.19. The Morgan fingerprint density at radius 2 is 1.93 bits per heavy atom. The maximum atomic E-state index is 12.9. The topological polar surface area (TPSA) is 29.5 Å². The third-order valence-electron chi connectivity index (χ3n) is 5.72. The molecule has 0 spiro atoms. The summed E-state index contributed by atoms with van der Waals surface area (Å²) in [5.41, 5.74) is 3.22. The van der Waals surface area contributed by atoms with Gasteiger partial charge in [0.2, 0.25) is 0 Å². The molecule has 2 unspecified atom stereocenters. The van der Waals surface area contributed by atoms with Crippen molar-refractivity contribution in [3.8, 4) is 0 Å². The first-order chi connectivity index (χ1) is 13.2. The van der Waals surface area contributed by atoms with E-state index in [2.05, 4.69) is 17.0 Å². The Hall–Kier alpha value is -2.20. The van der Waals surface area contributed by atoms with Gasteiger partial charge in [-0.1, -0.05) is 54.1 Å². The van der Waals surface area contributed by atoms with Gasteiger partial charge in [0.25, 0.3) is 0 Å². The minimum atomic E-state index is -0.0816. The van der Waals surface area contributed by atoms with Crippen LogP contribution in [0.25, 0.3) is 10.8 Å². The Labute approximate surface area is 163 Å². The van der Waals surface area contributed by atoms with E-state index in [-0.39, 0.29) is 18.1 Å². The molecule has 0 radical (unpaired) electrons. The summed E-state index contributed by atoms with van der Waals surface area (Å²) in [5.74, 6) is 0.173. The van der Waals surface area contributed by atoms with Crippen LogP contribution in [0, 0.1) is 0 Å². The maximum absolute atomic E-state index is 12.9. The van der Waals surface area contributed by atoms with Crippen molar-refractivity contribution < 1.29 is 9.53 Å². The molecule has 27 heavy (non-hydrogen) atoms. The normalized spacial score (nSPS) is 21.8. The molecular weight excluding hydrogens is 358 g/mol. The minimum Gasteiger partial charge on any atom is -0.357 e. The number of carbonyl (C=O) groups is 1. The van der Waals surface area contributed by atoms with Crippen molar-refractivity contribution in [3.05, 3.63) is 82.4 Å². The largest absolute Gasteiger partial charge is 0.357 e. The van der Waals surface area contributed by atoms with Crippen LogP contribution >= 0.6 is 11.6 Å². The fourth-order valence-corrected chi connectivity index (χ4v) is 4.48. The van der Waals surface area contributed by atoms with E-state index in [1.807, 2.05) is 48.5 Å². The van der Waals surface area contributed by atoms with Gasteiger partial charge in [0.1, 0.15) is 6.23 Å². The van der Waals surface area contributed by atoms with Gasteiger partial charge < -0.3 is 4.74 Å². The number of rotatable bonds is 3. The molecule has 0 aliphatic carbocycles. The highest BCUT2D eigenvalue weighted by molar-refractivity contribution is 6.30. The van der Waals surface area contributed by atoms with E-state index >= 15 is 0 Å². The van der Waals surface area contributed by atoms with Gasteiger partial charge in [0.05, 0.1) is 6.61 Å². The van der Waals surface area contributed by atoms with E-state index in [0.717, 1.165) is 39.9 Å². The SMILES string of the molecule is O=C(CC1COC2c3cc(Cl)ccc3CCN12)c1ccc2ccccc2c1. The highest BCUT2D eigenvalue weighted by Gasteiger charge is 2.39. The van der Waals surface area contributed by atoms with Crippen LogP contribution in [0.15, 0.2) is 60.7 Å². The molecule has 0 N–H and O–H groups in total. The zero-order chi connectivity index (χ0) is 18.4.